The van der Waals surface area contributed by atoms with Gasteiger partial charge in [0.1, 0.15) is 0 Å². The van der Waals surface area contributed by atoms with E-state index < -0.39 is 0 Å². The number of hydrogen-bond donors (Lipinski definition) is 0. The van der Waals surface area contributed by atoms with E-state index in [-0.39, 0.29) is 0 Å². The summed E-state index contributed by atoms with van der Waals surface area (Å²) in [6.07, 6.45) is 11.4. The van der Waals surface area contributed by atoms with Crippen molar-refractivity contribution in [3.8, 4) is 0 Å². The first-order chi connectivity index (χ1) is 9.84. The summed E-state index contributed by atoms with van der Waals surface area (Å²) in [5.74, 6) is 1.01. The highest BCUT2D eigenvalue weighted by Crippen LogP contribution is 2.29. The van der Waals surface area contributed by atoms with Crippen molar-refractivity contribution in [3.05, 3.63) is 47.5 Å². The van der Waals surface area contributed by atoms with Gasteiger partial charge in [-0.3, -0.25) is 0 Å². The molecule has 0 heterocycles. The molecule has 2 aromatic carbocycles. The molecule has 0 radical (unpaired) electrons. The van der Waals surface area contributed by atoms with Crippen LogP contribution in [0.1, 0.15) is 56.1 Å². The second-order valence-corrected chi connectivity index (χ2v) is 6.48. The highest BCUT2D eigenvalue weighted by Gasteiger charge is 2.13. The van der Waals surface area contributed by atoms with Crippen molar-refractivity contribution in [1.82, 2.24) is 0 Å². The maximum Gasteiger partial charge on any atom is -0.0149 e. The Balaban J connectivity index is 1.67. The molecular weight excluding hydrogens is 240 g/mol. The summed E-state index contributed by atoms with van der Waals surface area (Å²) in [5.41, 5.74) is 2.94. The van der Waals surface area contributed by atoms with Crippen LogP contribution in [0.25, 0.3) is 10.8 Å². The molecule has 1 aliphatic carbocycles. The summed E-state index contributed by atoms with van der Waals surface area (Å²) in [6, 6.07) is 13.5. The van der Waals surface area contributed by atoms with E-state index in [1.807, 2.05) is 0 Å². The van der Waals surface area contributed by atoms with Crippen LogP contribution < -0.4 is 0 Å². The van der Waals surface area contributed by atoms with Crippen LogP contribution in [0, 0.1) is 12.8 Å². The molecule has 0 N–H and O–H groups in total. The van der Waals surface area contributed by atoms with Crippen LogP contribution in [0.15, 0.2) is 36.4 Å². The van der Waals surface area contributed by atoms with Gasteiger partial charge in [0.05, 0.1) is 0 Å². The number of hydrogen-bond acceptors (Lipinski definition) is 0. The number of rotatable bonds is 4. The fourth-order valence-electron chi connectivity index (χ4n) is 3.79. The summed E-state index contributed by atoms with van der Waals surface area (Å²) in [6.45, 7) is 2.22. The van der Waals surface area contributed by atoms with Crippen molar-refractivity contribution in [3.63, 3.8) is 0 Å². The maximum atomic E-state index is 2.35. The molecule has 0 saturated heterocycles. The molecule has 0 unspecified atom stereocenters. The third-order valence-corrected chi connectivity index (χ3v) is 5.02. The first-order valence-corrected chi connectivity index (χ1v) is 8.32. The fraction of sp³-hybridized carbons (Fsp3) is 0.500. The van der Waals surface area contributed by atoms with Crippen LogP contribution >= 0.6 is 0 Å². The smallest absolute Gasteiger partial charge is 0.0149 e. The van der Waals surface area contributed by atoms with E-state index in [1.54, 1.807) is 5.56 Å². The van der Waals surface area contributed by atoms with Crippen LogP contribution in [-0.2, 0) is 6.42 Å². The van der Waals surface area contributed by atoms with Crippen molar-refractivity contribution in [2.24, 2.45) is 5.92 Å². The molecule has 0 aromatic heterocycles. The molecule has 20 heavy (non-hydrogen) atoms. The second kappa shape index (κ2) is 6.43. The fourth-order valence-corrected chi connectivity index (χ4v) is 3.79. The molecule has 1 aliphatic rings. The Kier molecular flexibility index (Phi) is 4.40. The maximum absolute atomic E-state index is 2.35. The third kappa shape index (κ3) is 3.06. The van der Waals surface area contributed by atoms with Gasteiger partial charge in [-0.1, -0.05) is 74.9 Å². The molecule has 1 saturated carbocycles. The largest absolute Gasteiger partial charge is 0.0616 e. The average molecular weight is 266 g/mol. The Hall–Kier alpha value is -1.30. The standard InChI is InChI=1S/C20H26/c1-16-14-15-18(20-13-6-5-12-19(16)20)11-7-10-17-8-3-2-4-9-17/h5-6,12-15,17H,2-4,7-11H2,1H3. The van der Waals surface area contributed by atoms with Crippen molar-refractivity contribution in [2.45, 2.75) is 58.3 Å². The minimum atomic E-state index is 1.01. The third-order valence-electron chi connectivity index (χ3n) is 5.02. The summed E-state index contributed by atoms with van der Waals surface area (Å²) in [5, 5.41) is 2.90. The summed E-state index contributed by atoms with van der Waals surface area (Å²) in [4.78, 5) is 0. The van der Waals surface area contributed by atoms with Crippen LogP contribution in [0.5, 0.6) is 0 Å². The van der Waals surface area contributed by atoms with Gasteiger partial charge >= 0.3 is 0 Å². The zero-order valence-corrected chi connectivity index (χ0v) is 12.7. The lowest BCUT2D eigenvalue weighted by Crippen LogP contribution is -2.06. The van der Waals surface area contributed by atoms with Gasteiger partial charge in [0.25, 0.3) is 0 Å². The minimum Gasteiger partial charge on any atom is -0.0616 e. The highest BCUT2D eigenvalue weighted by atomic mass is 14.2. The predicted molar refractivity (Wildman–Crippen MR) is 88.2 cm³/mol. The highest BCUT2D eigenvalue weighted by molar-refractivity contribution is 5.88. The summed E-state index contributed by atoms with van der Waals surface area (Å²) < 4.78 is 0. The van der Waals surface area contributed by atoms with Crippen LogP contribution in [0.4, 0.5) is 0 Å². The molecule has 2 aromatic rings. The van der Waals surface area contributed by atoms with Gasteiger partial charge < -0.3 is 0 Å². The zero-order valence-electron chi connectivity index (χ0n) is 12.7. The van der Waals surface area contributed by atoms with Crippen molar-refractivity contribution in [2.75, 3.05) is 0 Å². The molecule has 0 nitrogen and oxygen atoms in total. The van der Waals surface area contributed by atoms with Gasteiger partial charge in [0.2, 0.25) is 0 Å². The molecule has 1 fully saturated rings. The molecule has 3 rings (SSSR count). The topological polar surface area (TPSA) is 0 Å². The summed E-state index contributed by atoms with van der Waals surface area (Å²) >= 11 is 0. The zero-order chi connectivity index (χ0) is 13.8. The molecule has 0 atom stereocenters. The monoisotopic (exact) mass is 266 g/mol. The van der Waals surface area contributed by atoms with Crippen molar-refractivity contribution >= 4 is 10.8 Å². The Bertz CT molecular complexity index is 561. The lowest BCUT2D eigenvalue weighted by atomic mass is 9.85. The van der Waals surface area contributed by atoms with E-state index in [0.717, 1.165) is 5.92 Å². The Labute approximate surface area is 123 Å². The molecule has 106 valence electrons. The van der Waals surface area contributed by atoms with Gasteiger partial charge in [-0.15, -0.1) is 0 Å². The lowest BCUT2D eigenvalue weighted by molar-refractivity contribution is 0.332. The average Bonchev–Trinajstić information content (AvgIpc) is 2.51. The first kappa shape index (κ1) is 13.7. The van der Waals surface area contributed by atoms with Crippen LogP contribution in [0.2, 0.25) is 0 Å². The van der Waals surface area contributed by atoms with Crippen LogP contribution in [-0.4, -0.2) is 0 Å². The second-order valence-electron chi connectivity index (χ2n) is 6.48. The quantitative estimate of drug-likeness (QED) is 0.631. The molecule has 0 bridgehead atoms. The molecule has 0 amide bonds. The van der Waals surface area contributed by atoms with E-state index >= 15 is 0 Å². The first-order valence-electron chi connectivity index (χ1n) is 8.32. The molecule has 0 heteroatoms. The van der Waals surface area contributed by atoms with Gasteiger partial charge in [-0.05, 0) is 47.6 Å². The SMILES string of the molecule is Cc1ccc(CCCC2CCCCC2)c2ccccc12. The molecule has 0 aliphatic heterocycles. The van der Waals surface area contributed by atoms with Gasteiger partial charge in [0.15, 0.2) is 0 Å². The van der Waals surface area contributed by atoms with Crippen molar-refractivity contribution < 1.29 is 0 Å². The number of benzene rings is 2. The van der Waals surface area contributed by atoms with Gasteiger partial charge in [0, 0.05) is 0 Å². The van der Waals surface area contributed by atoms with E-state index in [9.17, 15) is 0 Å². The summed E-state index contributed by atoms with van der Waals surface area (Å²) in [7, 11) is 0. The van der Waals surface area contributed by atoms with Gasteiger partial charge in [-0.2, -0.15) is 0 Å². The van der Waals surface area contributed by atoms with E-state index in [1.165, 1.54) is 67.7 Å². The Morgan fingerprint density at radius 3 is 2.45 bits per heavy atom. The molecule has 0 spiro atoms. The Morgan fingerprint density at radius 2 is 1.65 bits per heavy atom. The lowest BCUT2D eigenvalue weighted by Gasteiger charge is -2.21. The van der Waals surface area contributed by atoms with Gasteiger partial charge in [-0.25, -0.2) is 0 Å². The Morgan fingerprint density at radius 1 is 0.900 bits per heavy atom. The van der Waals surface area contributed by atoms with E-state index in [4.69, 9.17) is 0 Å². The minimum absolute atomic E-state index is 1.01. The normalized spacial score (nSPS) is 16.6. The van der Waals surface area contributed by atoms with E-state index in [0.29, 0.717) is 0 Å². The number of aryl methyl sites for hydroxylation is 2. The molecular formula is C20H26. The number of fused-ring (bicyclic) bond motifs is 1. The predicted octanol–water partition coefficient (Wildman–Crippen LogP) is 6.05. The van der Waals surface area contributed by atoms with E-state index in [2.05, 4.69) is 43.3 Å². The van der Waals surface area contributed by atoms with Crippen LogP contribution in [0.3, 0.4) is 0 Å². The van der Waals surface area contributed by atoms with Crippen molar-refractivity contribution in [1.29, 1.82) is 0 Å².